The van der Waals surface area contributed by atoms with Crippen molar-refractivity contribution in [3.8, 4) is 18.1 Å². The first-order chi connectivity index (χ1) is 14.2. The molecule has 0 radical (unpaired) electrons. The van der Waals surface area contributed by atoms with Crippen LogP contribution in [0.3, 0.4) is 0 Å². The quantitative estimate of drug-likeness (QED) is 0.673. The predicted molar refractivity (Wildman–Crippen MR) is 114 cm³/mol. The van der Waals surface area contributed by atoms with Gasteiger partial charge in [-0.05, 0) is 48.7 Å². The highest BCUT2D eigenvalue weighted by atomic mass is 16.6. The van der Waals surface area contributed by atoms with Crippen LogP contribution in [0.25, 0.3) is 10.9 Å². The molecule has 1 N–H and O–H groups in total. The number of aromatic nitrogens is 1. The van der Waals surface area contributed by atoms with Gasteiger partial charge in [0, 0.05) is 18.1 Å². The number of carbonyl (C=O) groups excluding carboxylic acids is 1. The normalized spacial score (nSPS) is 15.1. The molecule has 1 aliphatic carbocycles. The van der Waals surface area contributed by atoms with Crippen molar-refractivity contribution in [2.24, 2.45) is 0 Å². The highest BCUT2D eigenvalue weighted by Crippen LogP contribution is 2.31. The fourth-order valence-electron chi connectivity index (χ4n) is 3.91. The van der Waals surface area contributed by atoms with Crippen LogP contribution in [0.2, 0.25) is 0 Å². The zero-order chi connectivity index (χ0) is 20.2. The van der Waals surface area contributed by atoms with Crippen LogP contribution in [-0.2, 0) is 13.0 Å². The zero-order valence-corrected chi connectivity index (χ0v) is 16.4. The summed E-state index contributed by atoms with van der Waals surface area (Å²) in [5, 5.41) is 3.94. The summed E-state index contributed by atoms with van der Waals surface area (Å²) in [5.74, 6) is 3.10. The minimum Gasteiger partial charge on any atom is -0.408 e. The van der Waals surface area contributed by atoms with Gasteiger partial charge in [-0.1, -0.05) is 42.3 Å². The monoisotopic (exact) mass is 385 g/mol. The van der Waals surface area contributed by atoms with E-state index >= 15 is 0 Å². The number of nitrogens with one attached hydrogen (secondary N) is 1. The first-order valence-electron chi connectivity index (χ1n) is 9.70. The third-order valence-corrected chi connectivity index (χ3v) is 5.25. The summed E-state index contributed by atoms with van der Waals surface area (Å²) in [7, 11) is 1.97. The molecule has 0 spiro atoms. The third-order valence-electron chi connectivity index (χ3n) is 5.25. The lowest BCUT2D eigenvalue weighted by atomic mass is 10.1. The molecule has 146 valence electrons. The Labute approximate surface area is 170 Å². The van der Waals surface area contributed by atoms with Crippen LogP contribution in [0.1, 0.15) is 29.2 Å². The van der Waals surface area contributed by atoms with E-state index in [4.69, 9.17) is 11.2 Å². The molecule has 29 heavy (non-hydrogen) atoms. The predicted octanol–water partition coefficient (Wildman–Crippen LogP) is 4.08. The third kappa shape index (κ3) is 4.08. The zero-order valence-electron chi connectivity index (χ0n) is 16.4. The van der Waals surface area contributed by atoms with Crippen LogP contribution < -0.4 is 10.1 Å². The van der Waals surface area contributed by atoms with Crippen molar-refractivity contribution in [3.63, 3.8) is 0 Å². The molecule has 0 bridgehead atoms. The standard InChI is InChI=1S/C24H23N3O2/c1-3-15-27(2)16-18-11-13-22(23-20(18)9-6-14-25-23)29-24(28)26-21-12-10-17-7-4-5-8-19(17)21/h1,4-9,11,13-14,21H,10,12,15-16H2,2H3,(H,26,28)/t21-/m0/s1. The highest BCUT2D eigenvalue weighted by Gasteiger charge is 2.24. The summed E-state index contributed by atoms with van der Waals surface area (Å²) in [4.78, 5) is 19.1. The van der Waals surface area contributed by atoms with E-state index in [0.717, 1.165) is 23.8 Å². The van der Waals surface area contributed by atoms with Gasteiger partial charge in [0.15, 0.2) is 5.75 Å². The van der Waals surface area contributed by atoms with E-state index in [0.29, 0.717) is 24.4 Å². The molecular weight excluding hydrogens is 362 g/mol. The number of hydrogen-bond donors (Lipinski definition) is 1. The van der Waals surface area contributed by atoms with Gasteiger partial charge in [-0.25, -0.2) is 4.79 Å². The number of rotatable bonds is 5. The minimum atomic E-state index is -0.462. The lowest BCUT2D eigenvalue weighted by molar-refractivity contribution is 0.196. The summed E-state index contributed by atoms with van der Waals surface area (Å²) in [6.07, 6.45) is 8.49. The summed E-state index contributed by atoms with van der Waals surface area (Å²) in [6, 6.07) is 15.8. The number of terminal acetylenes is 1. The molecular formula is C24H23N3O2. The van der Waals surface area contributed by atoms with Crippen molar-refractivity contribution in [3.05, 3.63) is 71.4 Å². The SMILES string of the molecule is C#CCN(C)Cc1ccc(OC(=O)N[C@H]2CCc3ccccc32)c2ncccc12. The first-order valence-corrected chi connectivity index (χ1v) is 9.70. The Hall–Kier alpha value is -3.36. The molecule has 1 heterocycles. The molecule has 0 fully saturated rings. The number of pyridine rings is 1. The minimum absolute atomic E-state index is 0.0189. The van der Waals surface area contributed by atoms with Gasteiger partial charge in [0.05, 0.1) is 12.6 Å². The largest absolute Gasteiger partial charge is 0.413 e. The fraction of sp³-hybridized carbons (Fsp3) is 0.250. The Kier molecular flexibility index (Phi) is 5.46. The Morgan fingerprint density at radius 2 is 2.14 bits per heavy atom. The molecule has 1 atom stereocenters. The van der Waals surface area contributed by atoms with Gasteiger partial charge in [-0.2, -0.15) is 0 Å². The fourth-order valence-corrected chi connectivity index (χ4v) is 3.91. The summed E-state index contributed by atoms with van der Waals surface area (Å²) in [6.45, 7) is 1.25. The highest BCUT2D eigenvalue weighted by molar-refractivity contribution is 5.89. The maximum absolute atomic E-state index is 12.6. The molecule has 1 aromatic heterocycles. The van der Waals surface area contributed by atoms with E-state index in [1.54, 1.807) is 12.3 Å². The number of fused-ring (bicyclic) bond motifs is 2. The van der Waals surface area contributed by atoms with E-state index in [9.17, 15) is 4.79 Å². The molecule has 1 aliphatic rings. The van der Waals surface area contributed by atoms with Crippen molar-refractivity contribution in [1.29, 1.82) is 0 Å². The molecule has 0 saturated heterocycles. The molecule has 5 heteroatoms. The van der Waals surface area contributed by atoms with Crippen molar-refractivity contribution in [2.45, 2.75) is 25.4 Å². The van der Waals surface area contributed by atoms with Gasteiger partial charge in [0.2, 0.25) is 0 Å². The van der Waals surface area contributed by atoms with E-state index < -0.39 is 6.09 Å². The van der Waals surface area contributed by atoms with Crippen molar-refractivity contribution in [1.82, 2.24) is 15.2 Å². The van der Waals surface area contributed by atoms with Crippen LogP contribution in [0.15, 0.2) is 54.7 Å². The Bertz CT molecular complexity index is 1090. The lowest BCUT2D eigenvalue weighted by Gasteiger charge is -2.17. The second-order valence-electron chi connectivity index (χ2n) is 7.32. The number of hydrogen-bond acceptors (Lipinski definition) is 4. The van der Waals surface area contributed by atoms with Gasteiger partial charge < -0.3 is 10.1 Å². The maximum Gasteiger partial charge on any atom is 0.413 e. The average Bonchev–Trinajstić information content (AvgIpc) is 3.13. The first kappa shape index (κ1) is 19.0. The van der Waals surface area contributed by atoms with Crippen molar-refractivity contribution in [2.75, 3.05) is 13.6 Å². The molecule has 3 aromatic rings. The van der Waals surface area contributed by atoms with Gasteiger partial charge in [-0.15, -0.1) is 6.42 Å². The van der Waals surface area contributed by atoms with Crippen LogP contribution in [0, 0.1) is 12.3 Å². The van der Waals surface area contributed by atoms with Gasteiger partial charge >= 0.3 is 6.09 Å². The summed E-state index contributed by atoms with van der Waals surface area (Å²) in [5.41, 5.74) is 4.20. The summed E-state index contributed by atoms with van der Waals surface area (Å²) >= 11 is 0. The second-order valence-corrected chi connectivity index (χ2v) is 7.32. The second kappa shape index (κ2) is 8.34. The van der Waals surface area contributed by atoms with Gasteiger partial charge in [-0.3, -0.25) is 9.88 Å². The Morgan fingerprint density at radius 3 is 3.00 bits per heavy atom. The van der Waals surface area contributed by atoms with Crippen LogP contribution >= 0.6 is 0 Å². The van der Waals surface area contributed by atoms with Crippen molar-refractivity contribution >= 4 is 17.0 Å². The van der Waals surface area contributed by atoms with Crippen LogP contribution in [-0.4, -0.2) is 29.6 Å². The van der Waals surface area contributed by atoms with Crippen molar-refractivity contribution < 1.29 is 9.53 Å². The van der Waals surface area contributed by atoms with Crippen LogP contribution in [0.4, 0.5) is 4.79 Å². The average molecular weight is 385 g/mol. The molecule has 1 amide bonds. The number of nitrogens with zero attached hydrogens (tertiary/aromatic N) is 2. The van der Waals surface area contributed by atoms with E-state index in [-0.39, 0.29) is 6.04 Å². The van der Waals surface area contributed by atoms with Crippen LogP contribution in [0.5, 0.6) is 5.75 Å². The molecule has 5 nitrogen and oxygen atoms in total. The number of aryl methyl sites for hydroxylation is 1. The molecule has 0 saturated carbocycles. The van der Waals surface area contributed by atoms with E-state index in [2.05, 4.69) is 28.4 Å². The van der Waals surface area contributed by atoms with Gasteiger partial charge in [0.1, 0.15) is 5.52 Å². The smallest absolute Gasteiger partial charge is 0.408 e. The number of ether oxygens (including phenoxy) is 1. The lowest BCUT2D eigenvalue weighted by Crippen LogP contribution is -2.30. The topological polar surface area (TPSA) is 54.5 Å². The Balaban J connectivity index is 1.53. The maximum atomic E-state index is 12.6. The summed E-state index contributed by atoms with van der Waals surface area (Å²) < 4.78 is 5.65. The molecule has 4 rings (SSSR count). The molecule has 0 unspecified atom stereocenters. The number of amides is 1. The van der Waals surface area contributed by atoms with E-state index in [1.165, 1.54) is 11.1 Å². The number of benzene rings is 2. The van der Waals surface area contributed by atoms with E-state index in [1.807, 2.05) is 42.3 Å². The number of carbonyl (C=O) groups is 1. The van der Waals surface area contributed by atoms with Gasteiger partial charge in [0.25, 0.3) is 0 Å². The Morgan fingerprint density at radius 1 is 1.28 bits per heavy atom. The molecule has 2 aromatic carbocycles. The molecule has 0 aliphatic heterocycles.